The van der Waals surface area contributed by atoms with Crippen molar-refractivity contribution >= 4 is 16.0 Å². The van der Waals surface area contributed by atoms with Crippen molar-refractivity contribution in [3.05, 3.63) is 24.3 Å². The van der Waals surface area contributed by atoms with Gasteiger partial charge in [0.15, 0.2) is 0 Å². The predicted octanol–water partition coefficient (Wildman–Crippen LogP) is 1.43. The van der Waals surface area contributed by atoms with Crippen LogP contribution in [0.1, 0.15) is 6.42 Å². The summed E-state index contributed by atoms with van der Waals surface area (Å²) in [6.07, 6.45) is -2.34. The van der Waals surface area contributed by atoms with Gasteiger partial charge in [-0.25, -0.2) is 17.2 Å². The number of halogens is 2. The number of benzene rings is 1. The largest absolute Gasteiger partial charge is 0.488 e. The molecule has 0 aliphatic carbocycles. The standard InChI is InChI=1S/C13H15F2NO5S/c14-12(15)8-21-10-1-3-11(4-2-10)22(19,20)16-6-5-9(7-16)13(17)18/h1-4,9,12H,5-8H2,(H,17,18). The molecule has 122 valence electrons. The SMILES string of the molecule is O=C(O)C1CCN(S(=O)(=O)c2ccc(OCC(F)F)cc2)C1. The first-order valence-electron chi connectivity index (χ1n) is 6.54. The number of sulfonamides is 1. The van der Waals surface area contributed by atoms with Gasteiger partial charge in [0.05, 0.1) is 10.8 Å². The molecular formula is C13H15F2NO5S. The number of hydrogen-bond donors (Lipinski definition) is 1. The Balaban J connectivity index is 2.08. The van der Waals surface area contributed by atoms with Gasteiger partial charge in [-0.2, -0.15) is 4.31 Å². The van der Waals surface area contributed by atoms with Crippen molar-refractivity contribution in [1.29, 1.82) is 0 Å². The molecule has 2 rings (SSSR count). The van der Waals surface area contributed by atoms with E-state index in [2.05, 4.69) is 0 Å². The summed E-state index contributed by atoms with van der Waals surface area (Å²) >= 11 is 0. The summed E-state index contributed by atoms with van der Waals surface area (Å²) in [5, 5.41) is 8.91. The predicted molar refractivity (Wildman–Crippen MR) is 72.4 cm³/mol. The average molecular weight is 335 g/mol. The lowest BCUT2D eigenvalue weighted by molar-refractivity contribution is -0.141. The number of carboxylic acids is 1. The normalized spacial score (nSPS) is 19.5. The molecule has 0 amide bonds. The maximum absolute atomic E-state index is 12.4. The minimum absolute atomic E-state index is 0.0251. The van der Waals surface area contributed by atoms with Crippen molar-refractivity contribution in [3.8, 4) is 5.75 Å². The summed E-state index contributed by atoms with van der Waals surface area (Å²) in [5.41, 5.74) is 0. The Morgan fingerprint density at radius 2 is 2.00 bits per heavy atom. The summed E-state index contributed by atoms with van der Waals surface area (Å²) in [6.45, 7) is -0.692. The van der Waals surface area contributed by atoms with Crippen LogP contribution in [0.2, 0.25) is 0 Å². The fourth-order valence-corrected chi connectivity index (χ4v) is 3.66. The number of ether oxygens (including phenoxy) is 1. The van der Waals surface area contributed by atoms with E-state index in [1.165, 1.54) is 24.3 Å². The molecule has 1 aromatic carbocycles. The van der Waals surface area contributed by atoms with Gasteiger partial charge >= 0.3 is 5.97 Å². The van der Waals surface area contributed by atoms with Crippen LogP contribution in [0, 0.1) is 5.92 Å². The van der Waals surface area contributed by atoms with Crippen molar-refractivity contribution in [2.24, 2.45) is 5.92 Å². The Bertz CT molecular complexity index is 632. The van der Waals surface area contributed by atoms with Crippen LogP contribution >= 0.6 is 0 Å². The summed E-state index contributed by atoms with van der Waals surface area (Å²) in [6, 6.07) is 5.09. The van der Waals surface area contributed by atoms with E-state index in [1.54, 1.807) is 0 Å². The Hall–Kier alpha value is -1.74. The van der Waals surface area contributed by atoms with E-state index in [1.807, 2.05) is 0 Å². The molecule has 1 N–H and O–H groups in total. The first-order valence-corrected chi connectivity index (χ1v) is 7.98. The average Bonchev–Trinajstić information content (AvgIpc) is 2.96. The van der Waals surface area contributed by atoms with Crippen LogP contribution in [0.15, 0.2) is 29.2 Å². The van der Waals surface area contributed by atoms with Gasteiger partial charge in [-0.1, -0.05) is 0 Å². The highest BCUT2D eigenvalue weighted by molar-refractivity contribution is 7.89. The molecule has 1 unspecified atom stereocenters. The van der Waals surface area contributed by atoms with Gasteiger partial charge in [-0.3, -0.25) is 4.79 Å². The minimum atomic E-state index is -3.79. The van der Waals surface area contributed by atoms with Gasteiger partial charge in [0, 0.05) is 13.1 Å². The highest BCUT2D eigenvalue weighted by atomic mass is 32.2. The van der Waals surface area contributed by atoms with Gasteiger partial charge in [0.25, 0.3) is 6.43 Å². The molecule has 0 aromatic heterocycles. The molecule has 1 saturated heterocycles. The molecule has 1 heterocycles. The summed E-state index contributed by atoms with van der Waals surface area (Å²) in [5.74, 6) is -1.58. The maximum atomic E-state index is 12.4. The number of hydrogen-bond acceptors (Lipinski definition) is 4. The fraction of sp³-hybridized carbons (Fsp3) is 0.462. The Morgan fingerprint density at radius 1 is 1.36 bits per heavy atom. The summed E-state index contributed by atoms with van der Waals surface area (Å²) < 4.78 is 54.6. The zero-order valence-electron chi connectivity index (χ0n) is 11.5. The van der Waals surface area contributed by atoms with Crippen LogP contribution in [0.3, 0.4) is 0 Å². The van der Waals surface area contributed by atoms with Crippen molar-refractivity contribution in [1.82, 2.24) is 4.31 Å². The van der Waals surface area contributed by atoms with E-state index in [4.69, 9.17) is 9.84 Å². The number of carboxylic acid groups (broad SMARTS) is 1. The van der Waals surface area contributed by atoms with Gasteiger partial charge in [-0.15, -0.1) is 0 Å². The smallest absolute Gasteiger partial charge is 0.307 e. The zero-order chi connectivity index (χ0) is 16.3. The Morgan fingerprint density at radius 3 is 2.50 bits per heavy atom. The van der Waals surface area contributed by atoms with E-state index in [-0.39, 0.29) is 30.2 Å². The lowest BCUT2D eigenvalue weighted by Crippen LogP contribution is -2.30. The molecule has 6 nitrogen and oxygen atoms in total. The molecule has 1 atom stereocenters. The maximum Gasteiger partial charge on any atom is 0.307 e. The van der Waals surface area contributed by atoms with Gasteiger partial charge < -0.3 is 9.84 Å². The first-order chi connectivity index (χ1) is 10.3. The molecular weight excluding hydrogens is 320 g/mol. The lowest BCUT2D eigenvalue weighted by Gasteiger charge is -2.16. The number of aliphatic carboxylic acids is 1. The second kappa shape index (κ2) is 6.57. The fourth-order valence-electron chi connectivity index (χ4n) is 2.16. The molecule has 1 aliphatic rings. The van der Waals surface area contributed by atoms with Gasteiger partial charge in [0.2, 0.25) is 10.0 Å². The molecule has 0 radical (unpaired) electrons. The minimum Gasteiger partial charge on any atom is -0.488 e. The quantitative estimate of drug-likeness (QED) is 0.850. The zero-order valence-corrected chi connectivity index (χ0v) is 12.3. The third kappa shape index (κ3) is 3.72. The van der Waals surface area contributed by atoms with Crippen LogP contribution < -0.4 is 4.74 Å². The van der Waals surface area contributed by atoms with E-state index >= 15 is 0 Å². The van der Waals surface area contributed by atoms with Crippen LogP contribution in [0.4, 0.5) is 8.78 Å². The number of nitrogens with zero attached hydrogens (tertiary/aromatic N) is 1. The van der Waals surface area contributed by atoms with Crippen molar-refractivity contribution in [2.45, 2.75) is 17.7 Å². The van der Waals surface area contributed by atoms with Gasteiger partial charge in [-0.05, 0) is 30.7 Å². The molecule has 9 heteroatoms. The highest BCUT2D eigenvalue weighted by Crippen LogP contribution is 2.25. The second-order valence-electron chi connectivity index (χ2n) is 4.86. The van der Waals surface area contributed by atoms with Crippen molar-refractivity contribution in [3.63, 3.8) is 0 Å². The third-order valence-corrected chi connectivity index (χ3v) is 5.22. The van der Waals surface area contributed by atoms with Crippen LogP contribution in [0.5, 0.6) is 5.75 Å². The number of alkyl halides is 2. The first kappa shape index (κ1) is 16.6. The molecule has 1 fully saturated rings. The molecule has 1 aromatic rings. The molecule has 0 spiro atoms. The molecule has 22 heavy (non-hydrogen) atoms. The van der Waals surface area contributed by atoms with E-state index in [9.17, 15) is 22.0 Å². The monoisotopic (exact) mass is 335 g/mol. The van der Waals surface area contributed by atoms with E-state index in [0.717, 1.165) is 4.31 Å². The lowest BCUT2D eigenvalue weighted by atomic mass is 10.1. The van der Waals surface area contributed by atoms with Crippen LogP contribution in [0.25, 0.3) is 0 Å². The molecule has 1 aliphatic heterocycles. The number of rotatable bonds is 6. The van der Waals surface area contributed by atoms with Gasteiger partial charge in [0.1, 0.15) is 12.4 Å². The van der Waals surface area contributed by atoms with E-state index < -0.39 is 34.9 Å². The summed E-state index contributed by atoms with van der Waals surface area (Å²) in [4.78, 5) is 10.9. The van der Waals surface area contributed by atoms with Crippen LogP contribution in [-0.4, -0.2) is 49.9 Å². The molecule has 0 bridgehead atoms. The summed E-state index contributed by atoms with van der Waals surface area (Å²) in [7, 11) is -3.79. The molecule has 0 saturated carbocycles. The second-order valence-corrected chi connectivity index (χ2v) is 6.80. The Kier molecular flexibility index (Phi) is 4.97. The third-order valence-electron chi connectivity index (χ3n) is 3.34. The highest BCUT2D eigenvalue weighted by Gasteiger charge is 2.35. The topological polar surface area (TPSA) is 83.9 Å². The Labute approximate surface area is 126 Å². The van der Waals surface area contributed by atoms with E-state index in [0.29, 0.717) is 0 Å². The van der Waals surface area contributed by atoms with Crippen LogP contribution in [-0.2, 0) is 14.8 Å². The van der Waals surface area contributed by atoms with Crippen molar-refractivity contribution in [2.75, 3.05) is 19.7 Å². The number of carbonyl (C=O) groups is 1. The van der Waals surface area contributed by atoms with Crippen molar-refractivity contribution < 1.29 is 31.8 Å².